The third-order valence-corrected chi connectivity index (χ3v) is 4.76. The van der Waals surface area contributed by atoms with Crippen molar-refractivity contribution in [2.75, 3.05) is 11.1 Å². The van der Waals surface area contributed by atoms with E-state index in [9.17, 15) is 4.39 Å². The lowest BCUT2D eigenvalue weighted by molar-refractivity contribution is 0.391. The maximum Gasteiger partial charge on any atom is 0.177 e. The Morgan fingerprint density at radius 2 is 1.96 bits per heavy atom. The van der Waals surface area contributed by atoms with E-state index < -0.39 is 0 Å². The first kappa shape index (κ1) is 15.8. The van der Waals surface area contributed by atoms with Gasteiger partial charge in [-0.2, -0.15) is 0 Å². The van der Waals surface area contributed by atoms with Gasteiger partial charge in [0.2, 0.25) is 0 Å². The predicted octanol–water partition coefficient (Wildman–Crippen LogP) is 3.18. The molecule has 0 amide bonds. The Bertz CT molecular complexity index is 898. The third kappa shape index (κ3) is 3.28. The van der Waals surface area contributed by atoms with Crippen LogP contribution < -0.4 is 16.8 Å². The molecule has 25 heavy (non-hydrogen) atoms. The van der Waals surface area contributed by atoms with E-state index in [4.69, 9.17) is 16.5 Å². The highest BCUT2D eigenvalue weighted by molar-refractivity contribution is 5.75. The summed E-state index contributed by atoms with van der Waals surface area (Å²) in [5, 5.41) is 7.51. The van der Waals surface area contributed by atoms with Crippen LogP contribution in [0.3, 0.4) is 0 Å². The van der Waals surface area contributed by atoms with E-state index in [0.29, 0.717) is 34.8 Å². The minimum absolute atomic E-state index is 0.298. The molecule has 7 heteroatoms. The summed E-state index contributed by atoms with van der Waals surface area (Å²) in [6.07, 6.45) is 6.04. The summed E-state index contributed by atoms with van der Waals surface area (Å²) < 4.78 is 15.1. The average Bonchev–Trinajstić information content (AvgIpc) is 2.99. The molecule has 0 radical (unpaired) electrons. The number of nitrogens with zero attached hydrogens (tertiary/aromatic N) is 3. The molecule has 1 fully saturated rings. The summed E-state index contributed by atoms with van der Waals surface area (Å²) in [5.41, 5.74) is 15.0. The fraction of sp³-hybridized carbons (Fsp3) is 0.333. The van der Waals surface area contributed by atoms with E-state index >= 15 is 0 Å². The van der Waals surface area contributed by atoms with Crippen molar-refractivity contribution in [2.45, 2.75) is 37.6 Å². The zero-order chi connectivity index (χ0) is 17.4. The van der Waals surface area contributed by atoms with Gasteiger partial charge in [0.15, 0.2) is 5.65 Å². The van der Waals surface area contributed by atoms with Gasteiger partial charge in [-0.05, 0) is 43.9 Å². The number of nitrogens with two attached hydrogens (primary N) is 2. The lowest BCUT2D eigenvalue weighted by Gasteiger charge is -2.24. The molecule has 130 valence electrons. The number of nitrogens with one attached hydrogen (secondary N) is 1. The predicted molar refractivity (Wildman–Crippen MR) is 96.3 cm³/mol. The van der Waals surface area contributed by atoms with Crippen LogP contribution in [0.2, 0.25) is 0 Å². The Morgan fingerprint density at radius 3 is 2.72 bits per heavy atom. The van der Waals surface area contributed by atoms with Crippen molar-refractivity contribution < 1.29 is 4.39 Å². The van der Waals surface area contributed by atoms with E-state index in [2.05, 4.69) is 10.4 Å². The second kappa shape index (κ2) is 6.33. The molecular weight excluding hydrogens is 319 g/mol. The molecule has 5 N–H and O–H groups in total. The number of rotatable bonds is 3. The number of imidazole rings is 1. The van der Waals surface area contributed by atoms with Gasteiger partial charge in [0.1, 0.15) is 11.6 Å². The van der Waals surface area contributed by atoms with Gasteiger partial charge in [-0.1, -0.05) is 6.07 Å². The van der Waals surface area contributed by atoms with Crippen molar-refractivity contribution in [3.05, 3.63) is 48.0 Å². The van der Waals surface area contributed by atoms with Crippen LogP contribution in [0.4, 0.5) is 21.6 Å². The first-order chi connectivity index (χ1) is 12.1. The van der Waals surface area contributed by atoms with Gasteiger partial charge in [-0.3, -0.25) is 0 Å². The number of aromatic nitrogens is 3. The second-order valence-corrected chi connectivity index (χ2v) is 6.66. The maximum atomic E-state index is 13.4. The molecule has 4 rings (SSSR count). The SMILES string of the molecule is Nc1cc(Nc2cccc(F)c2)c2nc([C@H]3CC[C@H](N)CC3)cn2n1. The van der Waals surface area contributed by atoms with E-state index in [1.165, 1.54) is 12.1 Å². The van der Waals surface area contributed by atoms with Crippen molar-refractivity contribution in [3.63, 3.8) is 0 Å². The van der Waals surface area contributed by atoms with Gasteiger partial charge in [0.25, 0.3) is 0 Å². The normalized spacial score (nSPS) is 20.7. The molecule has 0 bridgehead atoms. The molecule has 0 saturated heterocycles. The summed E-state index contributed by atoms with van der Waals surface area (Å²) in [5.74, 6) is 0.469. The zero-order valence-corrected chi connectivity index (χ0v) is 13.8. The fourth-order valence-corrected chi connectivity index (χ4v) is 3.44. The van der Waals surface area contributed by atoms with Crippen molar-refractivity contribution in [1.82, 2.24) is 14.6 Å². The average molecular weight is 340 g/mol. The lowest BCUT2D eigenvalue weighted by Crippen LogP contribution is -2.25. The molecule has 0 aliphatic heterocycles. The molecule has 2 aromatic heterocycles. The van der Waals surface area contributed by atoms with Crippen LogP contribution in [0.15, 0.2) is 36.5 Å². The summed E-state index contributed by atoms with van der Waals surface area (Å²) in [6, 6.07) is 8.30. The molecule has 6 nitrogen and oxygen atoms in total. The third-order valence-electron chi connectivity index (χ3n) is 4.76. The lowest BCUT2D eigenvalue weighted by atomic mass is 9.85. The van der Waals surface area contributed by atoms with Crippen molar-refractivity contribution in [1.29, 1.82) is 0 Å². The van der Waals surface area contributed by atoms with E-state index in [-0.39, 0.29) is 5.82 Å². The minimum Gasteiger partial charge on any atom is -0.382 e. The Kier molecular flexibility index (Phi) is 4.01. The van der Waals surface area contributed by atoms with Gasteiger partial charge >= 0.3 is 0 Å². The molecule has 0 unspecified atom stereocenters. The quantitative estimate of drug-likeness (QED) is 0.681. The fourth-order valence-electron chi connectivity index (χ4n) is 3.44. The monoisotopic (exact) mass is 340 g/mol. The number of nitrogen functional groups attached to an aromatic ring is 1. The highest BCUT2D eigenvalue weighted by atomic mass is 19.1. The van der Waals surface area contributed by atoms with Gasteiger partial charge in [0.05, 0.1) is 17.6 Å². The summed E-state index contributed by atoms with van der Waals surface area (Å²) in [6.45, 7) is 0. The molecule has 1 aromatic carbocycles. The van der Waals surface area contributed by atoms with Crippen molar-refractivity contribution in [2.24, 2.45) is 5.73 Å². The first-order valence-corrected chi connectivity index (χ1v) is 8.52. The van der Waals surface area contributed by atoms with Crippen LogP contribution in [0, 0.1) is 5.82 Å². The van der Waals surface area contributed by atoms with Crippen molar-refractivity contribution >= 4 is 22.8 Å². The van der Waals surface area contributed by atoms with Gasteiger partial charge in [0, 0.05) is 23.7 Å². The zero-order valence-electron chi connectivity index (χ0n) is 13.8. The molecule has 2 heterocycles. The molecular formula is C18H21FN6. The molecule has 0 atom stereocenters. The van der Waals surface area contributed by atoms with E-state index in [1.807, 2.05) is 6.20 Å². The first-order valence-electron chi connectivity index (χ1n) is 8.52. The van der Waals surface area contributed by atoms with Crippen LogP contribution in [0.5, 0.6) is 0 Å². The molecule has 1 aliphatic carbocycles. The molecule has 1 saturated carbocycles. The molecule has 3 aromatic rings. The van der Waals surface area contributed by atoms with Crippen molar-refractivity contribution in [3.8, 4) is 0 Å². The van der Waals surface area contributed by atoms with Gasteiger partial charge in [-0.15, -0.1) is 5.10 Å². The molecule has 0 spiro atoms. The van der Waals surface area contributed by atoms with Gasteiger partial charge < -0.3 is 16.8 Å². The number of halogens is 1. The standard InChI is InChI=1S/C18H21FN6/c19-12-2-1-3-14(8-12)22-15-9-17(21)24-25-10-16(23-18(15)25)11-4-6-13(20)7-5-11/h1-3,8-11,13,22H,4-7,20H2,(H2,21,24)/t11-,13-. The number of fused-ring (bicyclic) bond motifs is 1. The second-order valence-electron chi connectivity index (χ2n) is 6.66. The van der Waals surface area contributed by atoms with E-state index in [1.54, 1.807) is 22.7 Å². The number of hydrogen-bond acceptors (Lipinski definition) is 5. The van der Waals surface area contributed by atoms with Crippen LogP contribution in [0.1, 0.15) is 37.3 Å². The van der Waals surface area contributed by atoms with Crippen LogP contribution in [-0.4, -0.2) is 20.6 Å². The highest BCUT2D eigenvalue weighted by Gasteiger charge is 2.23. The largest absolute Gasteiger partial charge is 0.382 e. The van der Waals surface area contributed by atoms with Crippen LogP contribution in [-0.2, 0) is 0 Å². The Labute approximate surface area is 145 Å². The highest BCUT2D eigenvalue weighted by Crippen LogP contribution is 2.33. The molecule has 1 aliphatic rings. The number of benzene rings is 1. The van der Waals surface area contributed by atoms with E-state index in [0.717, 1.165) is 31.4 Å². The Morgan fingerprint density at radius 1 is 1.16 bits per heavy atom. The van der Waals surface area contributed by atoms with Crippen LogP contribution >= 0.6 is 0 Å². The summed E-state index contributed by atoms with van der Waals surface area (Å²) >= 11 is 0. The Balaban J connectivity index is 1.69. The summed E-state index contributed by atoms with van der Waals surface area (Å²) in [4.78, 5) is 4.77. The minimum atomic E-state index is -0.300. The Hall–Kier alpha value is -2.67. The van der Waals surface area contributed by atoms with Gasteiger partial charge in [-0.25, -0.2) is 13.9 Å². The number of anilines is 3. The smallest absolute Gasteiger partial charge is 0.177 e. The summed E-state index contributed by atoms with van der Waals surface area (Å²) in [7, 11) is 0. The maximum absolute atomic E-state index is 13.4. The van der Waals surface area contributed by atoms with Crippen LogP contribution in [0.25, 0.3) is 5.65 Å². The topological polar surface area (TPSA) is 94.3 Å². The number of hydrogen-bond donors (Lipinski definition) is 3.